The lowest BCUT2D eigenvalue weighted by Gasteiger charge is -2.05. The lowest BCUT2D eigenvalue weighted by Crippen LogP contribution is -2.20. The van der Waals surface area contributed by atoms with Crippen LogP contribution in [0.4, 0.5) is 5.69 Å². The Labute approximate surface area is 155 Å². The number of carbonyl (C=O) groups excluding carboxylic acids is 2. The molecule has 0 heterocycles. The number of hydrogen-bond donors (Lipinski definition) is 2. The van der Waals surface area contributed by atoms with Crippen LogP contribution >= 0.6 is 15.9 Å². The number of nitrogens with one attached hydrogen (secondary N) is 2. The summed E-state index contributed by atoms with van der Waals surface area (Å²) in [5, 5.41) is 6.65. The summed E-state index contributed by atoms with van der Waals surface area (Å²) in [7, 11) is 0. The molecule has 2 rings (SSSR count). The largest absolute Gasteiger partial charge is 0.326 e. The predicted octanol–water partition coefficient (Wildman–Crippen LogP) is 3.88. The van der Waals surface area contributed by atoms with E-state index in [1.807, 2.05) is 48.5 Å². The van der Waals surface area contributed by atoms with Gasteiger partial charge >= 0.3 is 0 Å². The van der Waals surface area contributed by atoms with Crippen LogP contribution in [0.3, 0.4) is 0 Å². The molecule has 25 heavy (non-hydrogen) atoms. The summed E-state index contributed by atoms with van der Waals surface area (Å²) in [5.74, 6) is -0.499. The highest BCUT2D eigenvalue weighted by molar-refractivity contribution is 9.10. The van der Waals surface area contributed by atoms with Gasteiger partial charge in [-0.2, -0.15) is 5.10 Å². The lowest BCUT2D eigenvalue weighted by atomic mass is 10.1. The molecule has 5 nitrogen and oxygen atoms in total. The number of benzene rings is 2. The highest BCUT2D eigenvalue weighted by atomic mass is 79.9. The zero-order chi connectivity index (χ0) is 18.1. The van der Waals surface area contributed by atoms with E-state index >= 15 is 0 Å². The molecule has 0 fully saturated rings. The van der Waals surface area contributed by atoms with Crippen LogP contribution in [-0.2, 0) is 16.0 Å². The second-order valence-electron chi connectivity index (χ2n) is 5.44. The van der Waals surface area contributed by atoms with Crippen molar-refractivity contribution in [3.05, 3.63) is 64.1 Å². The Morgan fingerprint density at radius 2 is 1.64 bits per heavy atom. The van der Waals surface area contributed by atoms with Crippen LogP contribution in [0, 0.1) is 0 Å². The minimum atomic E-state index is -0.301. The van der Waals surface area contributed by atoms with Gasteiger partial charge in [-0.1, -0.05) is 47.1 Å². The fraction of sp³-hybridized carbons (Fsp3) is 0.211. The molecule has 6 heteroatoms. The fourth-order valence-electron chi connectivity index (χ4n) is 2.06. The molecule has 0 spiro atoms. The zero-order valence-electron chi connectivity index (χ0n) is 14.0. The van der Waals surface area contributed by atoms with E-state index in [0.29, 0.717) is 0 Å². The Balaban J connectivity index is 1.71. The van der Waals surface area contributed by atoms with Crippen LogP contribution in [0.15, 0.2) is 58.1 Å². The molecule has 0 aromatic heterocycles. The Hall–Kier alpha value is -2.47. The van der Waals surface area contributed by atoms with E-state index in [4.69, 9.17) is 0 Å². The quantitative estimate of drug-likeness (QED) is 0.545. The van der Waals surface area contributed by atoms with E-state index in [-0.39, 0.29) is 24.7 Å². The highest BCUT2D eigenvalue weighted by Gasteiger charge is 2.06. The minimum absolute atomic E-state index is 0.0799. The van der Waals surface area contributed by atoms with Crippen molar-refractivity contribution < 1.29 is 9.59 Å². The van der Waals surface area contributed by atoms with Crippen molar-refractivity contribution in [2.24, 2.45) is 5.10 Å². The Morgan fingerprint density at radius 1 is 1.00 bits per heavy atom. The van der Waals surface area contributed by atoms with Gasteiger partial charge in [0.05, 0.1) is 6.21 Å². The first-order chi connectivity index (χ1) is 12.1. The molecule has 2 aromatic rings. The normalized spacial score (nSPS) is 10.6. The SMILES string of the molecule is CCc1ccc(NC(=O)CCC(=O)N/N=C/c2ccc(Br)cc2)cc1. The second kappa shape index (κ2) is 9.74. The van der Waals surface area contributed by atoms with Gasteiger partial charge in [-0.25, -0.2) is 5.43 Å². The third-order valence-electron chi connectivity index (χ3n) is 3.50. The van der Waals surface area contributed by atoms with Gasteiger partial charge in [-0.15, -0.1) is 0 Å². The molecule has 130 valence electrons. The van der Waals surface area contributed by atoms with Gasteiger partial charge in [0.1, 0.15) is 0 Å². The van der Waals surface area contributed by atoms with Gasteiger partial charge < -0.3 is 5.32 Å². The molecular weight excluding hydrogens is 382 g/mol. The van der Waals surface area contributed by atoms with E-state index in [1.54, 1.807) is 6.21 Å². The van der Waals surface area contributed by atoms with Crippen molar-refractivity contribution in [3.8, 4) is 0 Å². The van der Waals surface area contributed by atoms with Gasteiger partial charge in [0.2, 0.25) is 11.8 Å². The van der Waals surface area contributed by atoms with E-state index in [2.05, 4.69) is 38.7 Å². The molecule has 0 saturated heterocycles. The molecule has 0 saturated carbocycles. The minimum Gasteiger partial charge on any atom is -0.326 e. The molecular formula is C19H20BrN3O2. The van der Waals surface area contributed by atoms with Crippen molar-refractivity contribution in [2.75, 3.05) is 5.32 Å². The van der Waals surface area contributed by atoms with Gasteiger partial charge in [0.15, 0.2) is 0 Å². The van der Waals surface area contributed by atoms with E-state index in [0.717, 1.165) is 22.1 Å². The molecule has 0 atom stereocenters. The molecule has 0 aliphatic rings. The molecule has 2 N–H and O–H groups in total. The third-order valence-corrected chi connectivity index (χ3v) is 4.03. The number of rotatable bonds is 7. The standard InChI is InChI=1S/C19H20BrN3O2/c1-2-14-5-9-17(10-6-14)22-18(24)11-12-19(25)23-21-13-15-3-7-16(20)8-4-15/h3-10,13H,2,11-12H2,1H3,(H,22,24)(H,23,25)/b21-13+. The summed E-state index contributed by atoms with van der Waals surface area (Å²) in [6.07, 6.45) is 2.70. The van der Waals surface area contributed by atoms with Crippen LogP contribution in [0.25, 0.3) is 0 Å². The molecule has 0 unspecified atom stereocenters. The molecule has 0 aliphatic heterocycles. The Kier molecular flexibility index (Phi) is 7.35. The maximum Gasteiger partial charge on any atom is 0.240 e. The smallest absolute Gasteiger partial charge is 0.240 e. The van der Waals surface area contributed by atoms with E-state index < -0.39 is 0 Å². The summed E-state index contributed by atoms with van der Waals surface area (Å²) in [6, 6.07) is 15.2. The van der Waals surface area contributed by atoms with Crippen LogP contribution in [0.5, 0.6) is 0 Å². The van der Waals surface area contributed by atoms with Crippen LogP contribution in [0.1, 0.15) is 30.9 Å². The van der Waals surface area contributed by atoms with Gasteiger partial charge in [-0.05, 0) is 41.8 Å². The van der Waals surface area contributed by atoms with Gasteiger partial charge in [0, 0.05) is 23.0 Å². The topological polar surface area (TPSA) is 70.6 Å². The van der Waals surface area contributed by atoms with Crippen LogP contribution < -0.4 is 10.7 Å². The average molecular weight is 402 g/mol. The first kappa shape index (κ1) is 18.9. The number of hydrogen-bond acceptors (Lipinski definition) is 3. The first-order valence-electron chi connectivity index (χ1n) is 8.03. The molecule has 2 amide bonds. The number of anilines is 1. The Morgan fingerprint density at radius 3 is 2.28 bits per heavy atom. The molecule has 0 bridgehead atoms. The van der Waals surface area contributed by atoms with Crippen molar-refractivity contribution in [1.82, 2.24) is 5.43 Å². The second-order valence-corrected chi connectivity index (χ2v) is 6.36. The summed E-state index contributed by atoms with van der Waals surface area (Å²) in [6.45, 7) is 2.07. The summed E-state index contributed by atoms with van der Waals surface area (Å²) in [5.41, 5.74) is 5.23. The number of hydrazone groups is 1. The van der Waals surface area contributed by atoms with Crippen LogP contribution in [-0.4, -0.2) is 18.0 Å². The zero-order valence-corrected chi connectivity index (χ0v) is 15.5. The lowest BCUT2D eigenvalue weighted by molar-refractivity contribution is -0.124. The maximum atomic E-state index is 11.9. The number of carbonyl (C=O) groups is 2. The van der Waals surface area contributed by atoms with Crippen molar-refractivity contribution >= 4 is 39.6 Å². The fourth-order valence-corrected chi connectivity index (χ4v) is 2.32. The number of nitrogens with zero attached hydrogens (tertiary/aromatic N) is 1. The van der Waals surface area contributed by atoms with Gasteiger partial charge in [-0.3, -0.25) is 9.59 Å². The van der Waals surface area contributed by atoms with Crippen molar-refractivity contribution in [3.63, 3.8) is 0 Å². The van der Waals surface area contributed by atoms with Crippen molar-refractivity contribution in [2.45, 2.75) is 26.2 Å². The third kappa shape index (κ3) is 6.89. The predicted molar refractivity (Wildman–Crippen MR) is 104 cm³/mol. The number of halogens is 1. The number of aryl methyl sites for hydroxylation is 1. The Bertz CT molecular complexity index is 740. The van der Waals surface area contributed by atoms with Crippen LogP contribution in [0.2, 0.25) is 0 Å². The molecule has 0 aliphatic carbocycles. The molecule has 0 radical (unpaired) electrons. The summed E-state index contributed by atoms with van der Waals surface area (Å²) in [4.78, 5) is 23.6. The number of amides is 2. The monoisotopic (exact) mass is 401 g/mol. The maximum absolute atomic E-state index is 11.9. The van der Waals surface area contributed by atoms with E-state index in [9.17, 15) is 9.59 Å². The summed E-state index contributed by atoms with van der Waals surface area (Å²) < 4.78 is 0.976. The van der Waals surface area contributed by atoms with Crippen molar-refractivity contribution in [1.29, 1.82) is 0 Å². The molecule has 2 aromatic carbocycles. The first-order valence-corrected chi connectivity index (χ1v) is 8.82. The summed E-state index contributed by atoms with van der Waals surface area (Å²) >= 11 is 3.35. The van der Waals surface area contributed by atoms with E-state index in [1.165, 1.54) is 5.56 Å². The van der Waals surface area contributed by atoms with Gasteiger partial charge in [0.25, 0.3) is 0 Å². The highest BCUT2D eigenvalue weighted by Crippen LogP contribution is 2.11. The average Bonchev–Trinajstić information content (AvgIpc) is 2.62.